The summed E-state index contributed by atoms with van der Waals surface area (Å²) in [6.45, 7) is 4.02. The fourth-order valence-corrected chi connectivity index (χ4v) is 2.96. The summed E-state index contributed by atoms with van der Waals surface area (Å²) >= 11 is 10.9. The molecule has 0 unspecified atom stereocenters. The Labute approximate surface area is 176 Å². The van der Waals surface area contributed by atoms with Crippen LogP contribution in [0.3, 0.4) is 0 Å². The summed E-state index contributed by atoms with van der Waals surface area (Å²) < 4.78 is 5.64. The molecule has 2 aromatic carbocycles. The number of nitrogens with zero attached hydrogens (tertiary/aromatic N) is 1. The van der Waals surface area contributed by atoms with Gasteiger partial charge in [0.15, 0.2) is 10.9 Å². The van der Waals surface area contributed by atoms with Gasteiger partial charge in [-0.05, 0) is 67.5 Å². The first-order valence-corrected chi connectivity index (χ1v) is 9.27. The number of anilines is 1. The number of halogens is 1. The smallest absolute Gasteiger partial charge is 0.293 e. The molecule has 148 valence electrons. The van der Waals surface area contributed by atoms with Crippen LogP contribution < -0.4 is 10.6 Å². The second-order valence-corrected chi connectivity index (χ2v) is 7.11. The van der Waals surface area contributed by atoms with Crippen molar-refractivity contribution in [3.63, 3.8) is 0 Å². The summed E-state index contributed by atoms with van der Waals surface area (Å²) in [5.74, 6) is 0.107. The molecule has 0 fully saturated rings. The fraction of sp³-hybridized carbons (Fsp3) is 0.100. The summed E-state index contributed by atoms with van der Waals surface area (Å²) in [7, 11) is 0. The zero-order valence-electron chi connectivity index (χ0n) is 15.5. The average Bonchev–Trinajstić information content (AvgIpc) is 3.15. The van der Waals surface area contributed by atoms with Gasteiger partial charge in [0, 0.05) is 17.3 Å². The first-order valence-electron chi connectivity index (χ1n) is 8.48. The van der Waals surface area contributed by atoms with E-state index in [1.165, 1.54) is 18.2 Å². The van der Waals surface area contributed by atoms with Crippen molar-refractivity contribution in [2.75, 3.05) is 5.32 Å². The van der Waals surface area contributed by atoms with Gasteiger partial charge >= 0.3 is 0 Å². The summed E-state index contributed by atoms with van der Waals surface area (Å²) in [5.41, 5.74) is 3.20. The van der Waals surface area contributed by atoms with E-state index in [0.717, 1.165) is 16.7 Å². The van der Waals surface area contributed by atoms with Crippen LogP contribution in [0.15, 0.2) is 52.9 Å². The molecule has 0 aliphatic heterocycles. The highest BCUT2D eigenvalue weighted by Crippen LogP contribution is 2.27. The number of rotatable bonds is 4. The minimum absolute atomic E-state index is 0.00459. The summed E-state index contributed by atoms with van der Waals surface area (Å²) in [6, 6.07) is 13.3. The lowest BCUT2D eigenvalue weighted by atomic mass is 10.1. The Kier molecular flexibility index (Phi) is 5.95. The lowest BCUT2D eigenvalue weighted by Crippen LogP contribution is -2.33. The molecule has 3 aromatic rings. The molecule has 0 bridgehead atoms. The topological polar surface area (TPSA) is 97.4 Å². The zero-order chi connectivity index (χ0) is 21.1. The van der Waals surface area contributed by atoms with Crippen LogP contribution in [0, 0.1) is 24.0 Å². The Morgan fingerprint density at radius 2 is 1.86 bits per heavy atom. The molecular formula is C20H16ClN3O4S. The van der Waals surface area contributed by atoms with Crippen LogP contribution in [0.4, 0.5) is 11.4 Å². The van der Waals surface area contributed by atoms with Crippen LogP contribution in [0.5, 0.6) is 0 Å². The maximum atomic E-state index is 12.4. The van der Waals surface area contributed by atoms with Crippen molar-refractivity contribution in [1.29, 1.82) is 0 Å². The van der Waals surface area contributed by atoms with Gasteiger partial charge in [0.05, 0.1) is 4.92 Å². The lowest BCUT2D eigenvalue weighted by Gasteiger charge is -2.09. The van der Waals surface area contributed by atoms with E-state index < -0.39 is 10.8 Å². The number of nitrogens with one attached hydrogen (secondary N) is 2. The number of nitro benzene ring substituents is 1. The molecule has 3 rings (SSSR count). The van der Waals surface area contributed by atoms with Gasteiger partial charge in [-0.2, -0.15) is 0 Å². The number of carbonyl (C=O) groups excluding carboxylic acids is 1. The number of aryl methyl sites for hydroxylation is 2. The minimum Gasteiger partial charge on any atom is -0.451 e. The predicted octanol–water partition coefficient (Wildman–Crippen LogP) is 5.25. The minimum atomic E-state index is -0.605. The van der Waals surface area contributed by atoms with Crippen molar-refractivity contribution in [1.82, 2.24) is 5.32 Å². The fourth-order valence-electron chi connectivity index (χ4n) is 2.57. The molecule has 29 heavy (non-hydrogen) atoms. The summed E-state index contributed by atoms with van der Waals surface area (Å²) in [4.78, 5) is 22.7. The van der Waals surface area contributed by atoms with Crippen LogP contribution in [-0.4, -0.2) is 15.9 Å². The Morgan fingerprint density at radius 1 is 1.10 bits per heavy atom. The van der Waals surface area contributed by atoms with Gasteiger partial charge in [0.2, 0.25) is 0 Å². The lowest BCUT2D eigenvalue weighted by molar-refractivity contribution is -0.384. The van der Waals surface area contributed by atoms with Gasteiger partial charge in [0.1, 0.15) is 10.8 Å². The van der Waals surface area contributed by atoms with E-state index in [2.05, 4.69) is 10.6 Å². The zero-order valence-corrected chi connectivity index (χ0v) is 17.1. The van der Waals surface area contributed by atoms with E-state index in [9.17, 15) is 14.9 Å². The molecule has 1 amide bonds. The van der Waals surface area contributed by atoms with Gasteiger partial charge in [-0.15, -0.1) is 0 Å². The van der Waals surface area contributed by atoms with Gasteiger partial charge in [-0.1, -0.05) is 23.7 Å². The SMILES string of the molecule is Cc1ccc(-c2ccc(C(=O)NC(=S)Nc3ccc(Cl)c([N+](=O)[O-])c3)o2)cc1C. The molecule has 0 saturated carbocycles. The summed E-state index contributed by atoms with van der Waals surface area (Å²) in [6.07, 6.45) is 0. The molecule has 0 radical (unpaired) electrons. The Hall–Kier alpha value is -3.23. The van der Waals surface area contributed by atoms with Crippen molar-refractivity contribution < 1.29 is 14.1 Å². The highest BCUT2D eigenvalue weighted by molar-refractivity contribution is 7.80. The quantitative estimate of drug-likeness (QED) is 0.334. The van der Waals surface area contributed by atoms with Crippen molar-refractivity contribution >= 4 is 46.2 Å². The monoisotopic (exact) mass is 429 g/mol. The molecule has 0 spiro atoms. The van der Waals surface area contributed by atoms with Crippen LogP contribution in [0.1, 0.15) is 21.7 Å². The van der Waals surface area contributed by atoms with Gasteiger partial charge in [-0.3, -0.25) is 20.2 Å². The van der Waals surface area contributed by atoms with Crippen LogP contribution in [0.25, 0.3) is 11.3 Å². The van der Waals surface area contributed by atoms with Crippen LogP contribution in [-0.2, 0) is 0 Å². The van der Waals surface area contributed by atoms with Gasteiger partial charge < -0.3 is 9.73 Å². The Morgan fingerprint density at radius 3 is 2.55 bits per heavy atom. The number of furan rings is 1. The third-order valence-corrected chi connectivity index (χ3v) is 4.77. The third kappa shape index (κ3) is 4.79. The predicted molar refractivity (Wildman–Crippen MR) is 115 cm³/mol. The number of amides is 1. The molecule has 0 saturated heterocycles. The molecule has 2 N–H and O–H groups in total. The Bertz CT molecular complexity index is 1130. The normalized spacial score (nSPS) is 10.4. The molecule has 0 aliphatic rings. The number of hydrogen-bond acceptors (Lipinski definition) is 5. The molecule has 1 heterocycles. The van der Waals surface area contributed by atoms with Gasteiger partial charge in [-0.25, -0.2) is 0 Å². The highest BCUT2D eigenvalue weighted by Gasteiger charge is 2.16. The number of thiocarbonyl (C=S) groups is 1. The largest absolute Gasteiger partial charge is 0.451 e. The van der Waals surface area contributed by atoms with E-state index in [1.54, 1.807) is 12.1 Å². The molecular weight excluding hydrogens is 414 g/mol. The van der Waals surface area contributed by atoms with E-state index in [4.69, 9.17) is 28.2 Å². The maximum Gasteiger partial charge on any atom is 0.293 e. The average molecular weight is 430 g/mol. The van der Waals surface area contributed by atoms with Crippen molar-refractivity contribution in [3.8, 4) is 11.3 Å². The van der Waals surface area contributed by atoms with Crippen molar-refractivity contribution in [2.24, 2.45) is 0 Å². The summed E-state index contributed by atoms with van der Waals surface area (Å²) in [5, 5.41) is 16.1. The second kappa shape index (κ2) is 8.42. The third-order valence-electron chi connectivity index (χ3n) is 4.25. The number of hydrogen-bond donors (Lipinski definition) is 2. The Balaban J connectivity index is 1.68. The maximum absolute atomic E-state index is 12.4. The molecule has 9 heteroatoms. The second-order valence-electron chi connectivity index (χ2n) is 6.29. The molecule has 7 nitrogen and oxygen atoms in total. The number of nitro groups is 1. The van der Waals surface area contributed by atoms with E-state index in [0.29, 0.717) is 11.4 Å². The highest BCUT2D eigenvalue weighted by atomic mass is 35.5. The number of carbonyl (C=O) groups is 1. The van der Waals surface area contributed by atoms with Gasteiger partial charge in [0.25, 0.3) is 11.6 Å². The molecule has 0 atom stereocenters. The van der Waals surface area contributed by atoms with Crippen LogP contribution >= 0.6 is 23.8 Å². The first-order chi connectivity index (χ1) is 13.7. The van der Waals surface area contributed by atoms with E-state index in [1.807, 2.05) is 32.0 Å². The van der Waals surface area contributed by atoms with Crippen molar-refractivity contribution in [3.05, 3.63) is 80.6 Å². The number of benzene rings is 2. The molecule has 1 aromatic heterocycles. The van der Waals surface area contributed by atoms with Crippen molar-refractivity contribution in [2.45, 2.75) is 13.8 Å². The van der Waals surface area contributed by atoms with E-state index in [-0.39, 0.29) is 21.6 Å². The molecule has 0 aliphatic carbocycles. The van der Waals surface area contributed by atoms with E-state index >= 15 is 0 Å². The first kappa shape index (κ1) is 20.5. The standard InChI is InChI=1S/C20H16ClN3O4S/c1-11-3-4-13(9-12(11)2)17-7-8-18(28-17)19(25)23-20(29)22-14-5-6-15(21)16(10-14)24(26)27/h3-10H,1-2H3,(H2,22,23,25,29). The van der Waals surface area contributed by atoms with Crippen LogP contribution in [0.2, 0.25) is 5.02 Å².